The Bertz CT molecular complexity index is 513. The normalized spacial score (nSPS) is 20.1. The standard InChI is InChI=1S/C18H28N2O3/c1-13-6-4-7-14(2)18(13)23-12-17(22)11-20-9-5-8-16(10-20)19-15(3)21/h4,6-7,16-17,22H,5,8-12H2,1-3H3,(H,19,21). The number of benzene rings is 1. The van der Waals surface area contributed by atoms with Crippen LogP contribution in [0.15, 0.2) is 18.2 Å². The first-order valence-electron chi connectivity index (χ1n) is 8.32. The fourth-order valence-corrected chi connectivity index (χ4v) is 3.18. The van der Waals surface area contributed by atoms with Crippen LogP contribution in [0.2, 0.25) is 0 Å². The molecule has 23 heavy (non-hydrogen) atoms. The first-order chi connectivity index (χ1) is 11.0. The van der Waals surface area contributed by atoms with Crippen molar-refractivity contribution in [3.63, 3.8) is 0 Å². The van der Waals surface area contributed by atoms with Crippen molar-refractivity contribution in [2.24, 2.45) is 0 Å². The third kappa shape index (κ3) is 5.52. The zero-order chi connectivity index (χ0) is 16.8. The van der Waals surface area contributed by atoms with Gasteiger partial charge in [-0.1, -0.05) is 18.2 Å². The number of aliphatic hydroxyl groups is 1. The molecule has 0 spiro atoms. The lowest BCUT2D eigenvalue weighted by Gasteiger charge is -2.34. The summed E-state index contributed by atoms with van der Waals surface area (Å²) < 4.78 is 5.82. The number of piperidine rings is 1. The molecule has 1 aliphatic heterocycles. The quantitative estimate of drug-likeness (QED) is 0.836. The van der Waals surface area contributed by atoms with Gasteiger partial charge in [-0.3, -0.25) is 9.69 Å². The van der Waals surface area contributed by atoms with Crippen molar-refractivity contribution in [2.75, 3.05) is 26.2 Å². The number of hydrogen-bond donors (Lipinski definition) is 2. The van der Waals surface area contributed by atoms with Crippen LogP contribution in [0.1, 0.15) is 30.9 Å². The van der Waals surface area contributed by atoms with Crippen molar-refractivity contribution in [3.05, 3.63) is 29.3 Å². The number of amides is 1. The zero-order valence-electron chi connectivity index (χ0n) is 14.3. The van der Waals surface area contributed by atoms with Crippen LogP contribution < -0.4 is 10.1 Å². The molecule has 1 saturated heterocycles. The first-order valence-corrected chi connectivity index (χ1v) is 8.32. The summed E-state index contributed by atoms with van der Waals surface area (Å²) in [6.07, 6.45) is 1.51. The first kappa shape index (κ1) is 17.8. The fourth-order valence-electron chi connectivity index (χ4n) is 3.18. The molecule has 2 atom stereocenters. The monoisotopic (exact) mass is 320 g/mol. The Kier molecular flexibility index (Phi) is 6.42. The molecular weight excluding hydrogens is 292 g/mol. The van der Waals surface area contributed by atoms with E-state index in [9.17, 15) is 9.90 Å². The molecule has 0 radical (unpaired) electrons. The molecule has 2 N–H and O–H groups in total. The SMILES string of the molecule is CC(=O)NC1CCCN(CC(O)COc2c(C)cccc2C)C1. The number of likely N-dealkylation sites (tertiary alicyclic amines) is 1. The Morgan fingerprint density at radius 2 is 2.13 bits per heavy atom. The average molecular weight is 320 g/mol. The van der Waals surface area contributed by atoms with Crippen molar-refractivity contribution in [1.29, 1.82) is 0 Å². The summed E-state index contributed by atoms with van der Waals surface area (Å²) >= 11 is 0. The Morgan fingerprint density at radius 3 is 2.78 bits per heavy atom. The summed E-state index contributed by atoms with van der Waals surface area (Å²) in [4.78, 5) is 13.4. The van der Waals surface area contributed by atoms with E-state index in [1.807, 2.05) is 32.0 Å². The molecule has 1 aromatic carbocycles. The van der Waals surface area contributed by atoms with Crippen LogP contribution in [0.5, 0.6) is 5.75 Å². The molecule has 1 amide bonds. The van der Waals surface area contributed by atoms with Gasteiger partial charge in [-0.2, -0.15) is 0 Å². The second-order valence-electron chi connectivity index (χ2n) is 6.49. The van der Waals surface area contributed by atoms with E-state index in [1.165, 1.54) is 0 Å². The zero-order valence-corrected chi connectivity index (χ0v) is 14.3. The van der Waals surface area contributed by atoms with Crippen molar-refractivity contribution >= 4 is 5.91 Å². The van der Waals surface area contributed by atoms with Gasteiger partial charge in [-0.15, -0.1) is 0 Å². The molecule has 2 unspecified atom stereocenters. The molecule has 2 rings (SSSR count). The van der Waals surface area contributed by atoms with Crippen LogP contribution >= 0.6 is 0 Å². The maximum atomic E-state index is 11.2. The molecule has 1 aliphatic rings. The molecule has 0 aromatic heterocycles. The molecule has 1 aromatic rings. The molecule has 0 saturated carbocycles. The minimum absolute atomic E-state index is 0.00996. The van der Waals surface area contributed by atoms with Crippen LogP contribution in [0.3, 0.4) is 0 Å². The van der Waals surface area contributed by atoms with E-state index < -0.39 is 6.10 Å². The highest BCUT2D eigenvalue weighted by Gasteiger charge is 2.22. The minimum atomic E-state index is -0.537. The number of para-hydroxylation sites is 1. The van der Waals surface area contributed by atoms with E-state index >= 15 is 0 Å². The lowest BCUT2D eigenvalue weighted by atomic mass is 10.1. The Hall–Kier alpha value is -1.59. The summed E-state index contributed by atoms with van der Waals surface area (Å²) in [5.74, 6) is 0.872. The van der Waals surface area contributed by atoms with Gasteiger partial charge in [0.05, 0.1) is 0 Å². The predicted octanol–water partition coefficient (Wildman–Crippen LogP) is 1.64. The van der Waals surface area contributed by atoms with Gasteiger partial charge in [0.2, 0.25) is 5.91 Å². The average Bonchev–Trinajstić information content (AvgIpc) is 2.46. The van der Waals surface area contributed by atoms with Gasteiger partial charge in [0.1, 0.15) is 18.5 Å². The maximum absolute atomic E-state index is 11.2. The Morgan fingerprint density at radius 1 is 1.43 bits per heavy atom. The third-order valence-corrected chi connectivity index (χ3v) is 4.21. The van der Waals surface area contributed by atoms with Gasteiger partial charge in [0, 0.05) is 26.1 Å². The number of nitrogens with one attached hydrogen (secondary N) is 1. The molecular formula is C18H28N2O3. The Labute approximate surface area is 138 Å². The van der Waals surface area contributed by atoms with Crippen LogP contribution in [-0.2, 0) is 4.79 Å². The highest BCUT2D eigenvalue weighted by molar-refractivity contribution is 5.73. The van der Waals surface area contributed by atoms with Gasteiger partial charge < -0.3 is 15.2 Å². The number of ether oxygens (including phenoxy) is 1. The van der Waals surface area contributed by atoms with E-state index in [0.29, 0.717) is 6.54 Å². The molecule has 5 nitrogen and oxygen atoms in total. The van der Waals surface area contributed by atoms with Crippen molar-refractivity contribution in [3.8, 4) is 5.75 Å². The molecule has 5 heteroatoms. The molecule has 0 bridgehead atoms. The van der Waals surface area contributed by atoms with E-state index in [2.05, 4.69) is 10.2 Å². The number of aliphatic hydroxyl groups excluding tert-OH is 1. The molecule has 1 heterocycles. The highest BCUT2D eigenvalue weighted by Crippen LogP contribution is 2.22. The van der Waals surface area contributed by atoms with Crippen LogP contribution in [0, 0.1) is 13.8 Å². The summed E-state index contributed by atoms with van der Waals surface area (Å²) in [6.45, 7) is 8.17. The summed E-state index contributed by atoms with van der Waals surface area (Å²) in [7, 11) is 0. The van der Waals surface area contributed by atoms with Crippen LogP contribution in [-0.4, -0.2) is 54.3 Å². The summed E-state index contributed by atoms with van der Waals surface area (Å²) in [5.41, 5.74) is 2.17. The predicted molar refractivity (Wildman–Crippen MR) is 90.7 cm³/mol. The van der Waals surface area contributed by atoms with Crippen LogP contribution in [0.25, 0.3) is 0 Å². The van der Waals surface area contributed by atoms with E-state index in [1.54, 1.807) is 6.92 Å². The number of nitrogens with zero attached hydrogens (tertiary/aromatic N) is 1. The molecule has 1 fully saturated rings. The largest absolute Gasteiger partial charge is 0.490 e. The fraction of sp³-hybridized carbons (Fsp3) is 0.611. The highest BCUT2D eigenvalue weighted by atomic mass is 16.5. The Balaban J connectivity index is 1.80. The van der Waals surface area contributed by atoms with Gasteiger partial charge >= 0.3 is 0 Å². The van der Waals surface area contributed by atoms with E-state index in [-0.39, 0.29) is 18.6 Å². The van der Waals surface area contributed by atoms with E-state index in [0.717, 1.165) is 42.8 Å². The number of carbonyl (C=O) groups excluding carboxylic acids is 1. The maximum Gasteiger partial charge on any atom is 0.217 e. The number of hydrogen-bond acceptors (Lipinski definition) is 4. The van der Waals surface area contributed by atoms with Gasteiger partial charge in [-0.05, 0) is 44.4 Å². The topological polar surface area (TPSA) is 61.8 Å². The van der Waals surface area contributed by atoms with Crippen molar-refractivity contribution in [1.82, 2.24) is 10.2 Å². The minimum Gasteiger partial charge on any atom is -0.490 e. The van der Waals surface area contributed by atoms with E-state index in [4.69, 9.17) is 4.74 Å². The second-order valence-corrected chi connectivity index (χ2v) is 6.49. The number of rotatable bonds is 6. The number of aryl methyl sites for hydroxylation is 2. The van der Waals surface area contributed by atoms with Crippen LogP contribution in [0.4, 0.5) is 0 Å². The van der Waals surface area contributed by atoms with Gasteiger partial charge in [-0.25, -0.2) is 0 Å². The molecule has 128 valence electrons. The van der Waals surface area contributed by atoms with Crippen molar-refractivity contribution in [2.45, 2.75) is 45.8 Å². The number of carbonyl (C=O) groups is 1. The smallest absolute Gasteiger partial charge is 0.217 e. The third-order valence-electron chi connectivity index (χ3n) is 4.21. The van der Waals surface area contributed by atoms with Gasteiger partial charge in [0.25, 0.3) is 0 Å². The lowest BCUT2D eigenvalue weighted by molar-refractivity contribution is -0.120. The number of β-amino-alcohol motifs (C(OH)–C–C–N with tert-alkyl or cyclic N) is 1. The van der Waals surface area contributed by atoms with Gasteiger partial charge in [0.15, 0.2) is 0 Å². The second kappa shape index (κ2) is 8.31. The summed E-state index contributed by atoms with van der Waals surface area (Å²) in [5, 5.41) is 13.2. The lowest BCUT2D eigenvalue weighted by Crippen LogP contribution is -2.49. The molecule has 0 aliphatic carbocycles. The summed E-state index contributed by atoms with van der Waals surface area (Å²) in [6, 6.07) is 6.21. The van der Waals surface area contributed by atoms with Crippen molar-refractivity contribution < 1.29 is 14.6 Å².